The number of aliphatic hydroxyl groups is 5. The summed E-state index contributed by atoms with van der Waals surface area (Å²) in [5.74, 6) is -0.441. The van der Waals surface area contributed by atoms with E-state index in [0.717, 1.165) is 0 Å². The SMILES string of the molecule is CCC(=O)NCC1OC(OC2C(NC(=O)OC(C)(C)C)CC(NC(=O)OC(C)(C)C)C(OC3OC(CNC(=O)OC(C)(C)C)C(O)C(O)C3NC(=O)OC(C)(C)C)C2O)C(O)C(NC(=O)OC(C)(C)C)C1O. The number of hydrogen-bond donors (Lipinski definition) is 11. The molecule has 0 aromatic heterocycles. The van der Waals surface area contributed by atoms with E-state index < -0.39 is 169 Å². The van der Waals surface area contributed by atoms with Crippen LogP contribution in [-0.2, 0) is 47.4 Å². The van der Waals surface area contributed by atoms with Gasteiger partial charge < -0.3 is 100 Å². The fourth-order valence-corrected chi connectivity index (χ4v) is 7.55. The highest BCUT2D eigenvalue weighted by Gasteiger charge is 2.55. The lowest BCUT2D eigenvalue weighted by molar-refractivity contribution is -0.320. The number of rotatable bonds is 13. The summed E-state index contributed by atoms with van der Waals surface area (Å²) in [5, 5.41) is 74.1. The van der Waals surface area contributed by atoms with Gasteiger partial charge in [0.15, 0.2) is 12.6 Å². The normalized spacial score (nSPS) is 31.4. The molecule has 0 aromatic carbocycles. The maximum atomic E-state index is 13.6. The molecule has 0 radical (unpaired) electrons. The molecule has 3 rings (SSSR count). The Labute approximate surface area is 420 Å². The quantitative estimate of drug-likeness (QED) is 0.115. The Kier molecular flexibility index (Phi) is 21.2. The average molecular weight is 1040 g/mol. The van der Waals surface area contributed by atoms with Crippen LogP contribution < -0.4 is 31.9 Å². The second kappa shape index (κ2) is 24.7. The fraction of sp³-hybridized carbons (Fsp3) is 0.870. The van der Waals surface area contributed by atoms with E-state index in [0.29, 0.717) is 0 Å². The minimum atomic E-state index is -2.06. The van der Waals surface area contributed by atoms with Crippen molar-refractivity contribution in [2.75, 3.05) is 13.1 Å². The molecule has 72 heavy (non-hydrogen) atoms. The molecule has 26 nitrogen and oxygen atoms in total. The highest BCUT2D eigenvalue weighted by molar-refractivity contribution is 5.75. The molecule has 0 spiro atoms. The highest BCUT2D eigenvalue weighted by atomic mass is 16.7. The van der Waals surface area contributed by atoms with Gasteiger partial charge in [-0.25, -0.2) is 24.0 Å². The lowest BCUT2D eigenvalue weighted by atomic mass is 9.83. The average Bonchev–Trinajstić information content (AvgIpc) is 3.18. The van der Waals surface area contributed by atoms with Crippen molar-refractivity contribution >= 4 is 36.4 Å². The second-order valence-corrected chi connectivity index (χ2v) is 22.9. The molecule has 1 saturated carbocycles. The Morgan fingerprint density at radius 1 is 0.444 bits per heavy atom. The van der Waals surface area contributed by atoms with Crippen LogP contribution in [0.1, 0.15) is 124 Å². The molecule has 15 atom stereocenters. The molecule has 2 saturated heterocycles. The van der Waals surface area contributed by atoms with Crippen molar-refractivity contribution < 1.29 is 96.9 Å². The number of amides is 6. The van der Waals surface area contributed by atoms with E-state index in [-0.39, 0.29) is 13.0 Å². The Morgan fingerprint density at radius 3 is 1.24 bits per heavy atom. The third-order valence-electron chi connectivity index (χ3n) is 10.4. The number of carbonyl (C=O) groups is 6. The van der Waals surface area contributed by atoms with Gasteiger partial charge in [0.1, 0.15) is 89.0 Å². The summed E-state index contributed by atoms with van der Waals surface area (Å²) in [6, 6.07) is -6.11. The van der Waals surface area contributed by atoms with Crippen molar-refractivity contribution in [2.45, 2.75) is 243 Å². The molecule has 416 valence electrons. The third kappa shape index (κ3) is 20.1. The smallest absolute Gasteiger partial charge is 0.408 e. The van der Waals surface area contributed by atoms with E-state index in [2.05, 4.69) is 31.9 Å². The topological polar surface area (TPSA) is 359 Å². The molecule has 26 heteroatoms. The molecule has 0 bridgehead atoms. The molecule has 6 amide bonds. The van der Waals surface area contributed by atoms with Gasteiger partial charge in [-0.15, -0.1) is 0 Å². The van der Waals surface area contributed by atoms with Crippen LogP contribution in [0.4, 0.5) is 24.0 Å². The number of alkyl carbamates (subject to hydrolysis) is 5. The molecule has 2 heterocycles. The number of ether oxygens (including phenoxy) is 9. The number of nitrogens with one attached hydrogen (secondary N) is 6. The Balaban J connectivity index is 2.22. The zero-order valence-corrected chi connectivity index (χ0v) is 44.3. The van der Waals surface area contributed by atoms with Crippen LogP contribution in [0.5, 0.6) is 0 Å². The summed E-state index contributed by atoms with van der Waals surface area (Å²) in [6.07, 6.45) is -25.1. The van der Waals surface area contributed by atoms with Gasteiger partial charge in [-0.3, -0.25) is 4.79 Å². The minimum Gasteiger partial charge on any atom is -0.444 e. The van der Waals surface area contributed by atoms with Crippen molar-refractivity contribution in [2.24, 2.45) is 0 Å². The van der Waals surface area contributed by atoms with Gasteiger partial charge in [-0.2, -0.15) is 0 Å². The van der Waals surface area contributed by atoms with E-state index in [9.17, 15) is 54.3 Å². The first-order valence-corrected chi connectivity index (χ1v) is 24.0. The zero-order chi connectivity index (χ0) is 55.1. The number of aliphatic hydroxyl groups excluding tert-OH is 5. The summed E-state index contributed by atoms with van der Waals surface area (Å²) < 4.78 is 52.3. The molecule has 0 aromatic rings. The lowest BCUT2D eigenvalue weighted by Gasteiger charge is -2.50. The van der Waals surface area contributed by atoms with Gasteiger partial charge in [0.2, 0.25) is 5.91 Å². The van der Waals surface area contributed by atoms with Crippen LogP contribution in [0, 0.1) is 0 Å². The monoisotopic (exact) mass is 1040 g/mol. The van der Waals surface area contributed by atoms with Gasteiger partial charge in [-0.1, -0.05) is 6.92 Å². The first-order chi connectivity index (χ1) is 32.8. The van der Waals surface area contributed by atoms with Crippen molar-refractivity contribution in [3.05, 3.63) is 0 Å². The van der Waals surface area contributed by atoms with Crippen molar-refractivity contribution in [1.82, 2.24) is 31.9 Å². The van der Waals surface area contributed by atoms with Crippen LogP contribution in [0.3, 0.4) is 0 Å². The maximum absolute atomic E-state index is 13.6. The molecule has 1 aliphatic carbocycles. The number of carbonyl (C=O) groups excluding carboxylic acids is 6. The Morgan fingerprint density at radius 2 is 0.806 bits per heavy atom. The standard InChI is InChI=1S/C46H82N6O20/c1-17-25(53)47-19-23-28(54)26(51-40(62)71-45(11,12)13)31(57)36(65-23)67-34-22(50-39(61)70-44(8,9)10)18-21(49-38(60)69-43(5,6)7)33(32(34)58)66-35-27(52-41(63)72-46(14,15)16)30(56)29(55)24(64-35)20-48-37(59)68-42(2,3)4/h21-24,26-36,54-58H,17-20H2,1-16H3,(H,47,53)(H,48,59)(H,49,60)(H,50,61)(H,51,62)(H,52,63). The Hall–Kier alpha value is -4.54. The first-order valence-electron chi connectivity index (χ1n) is 24.0. The lowest BCUT2D eigenvalue weighted by Crippen LogP contribution is -2.71. The summed E-state index contributed by atoms with van der Waals surface area (Å²) in [7, 11) is 0. The van der Waals surface area contributed by atoms with Gasteiger partial charge >= 0.3 is 30.5 Å². The van der Waals surface area contributed by atoms with Crippen LogP contribution in [0.25, 0.3) is 0 Å². The van der Waals surface area contributed by atoms with Crippen molar-refractivity contribution in [1.29, 1.82) is 0 Å². The van der Waals surface area contributed by atoms with Gasteiger partial charge in [0.05, 0.1) is 18.1 Å². The van der Waals surface area contributed by atoms with Crippen LogP contribution in [0.2, 0.25) is 0 Å². The largest absolute Gasteiger partial charge is 0.444 e. The molecule has 3 aliphatic rings. The molecular formula is C46H82N6O20. The number of hydrogen-bond acceptors (Lipinski definition) is 20. The van der Waals surface area contributed by atoms with Crippen LogP contribution in [0.15, 0.2) is 0 Å². The maximum Gasteiger partial charge on any atom is 0.408 e. The Bertz CT molecular complexity index is 1840. The van der Waals surface area contributed by atoms with Gasteiger partial charge in [-0.05, 0) is 110 Å². The summed E-state index contributed by atoms with van der Waals surface area (Å²) in [4.78, 5) is 78.6. The molecule has 2 aliphatic heterocycles. The van der Waals surface area contributed by atoms with Gasteiger partial charge in [0.25, 0.3) is 0 Å². The predicted octanol–water partition coefficient (Wildman–Crippen LogP) is 1.04. The van der Waals surface area contributed by atoms with Crippen LogP contribution in [-0.4, -0.2) is 195 Å². The molecule has 15 unspecified atom stereocenters. The van der Waals surface area contributed by atoms with E-state index >= 15 is 0 Å². The first kappa shape index (κ1) is 61.8. The highest BCUT2D eigenvalue weighted by Crippen LogP contribution is 2.34. The summed E-state index contributed by atoms with van der Waals surface area (Å²) in [5.41, 5.74) is -5.13. The van der Waals surface area contributed by atoms with Crippen molar-refractivity contribution in [3.63, 3.8) is 0 Å². The minimum absolute atomic E-state index is 0.0486. The zero-order valence-electron chi connectivity index (χ0n) is 44.3. The molecular weight excluding hydrogens is 957 g/mol. The van der Waals surface area contributed by atoms with Crippen molar-refractivity contribution in [3.8, 4) is 0 Å². The van der Waals surface area contributed by atoms with Crippen LogP contribution >= 0.6 is 0 Å². The summed E-state index contributed by atoms with van der Waals surface area (Å²) in [6.45, 7) is 24.6. The van der Waals surface area contributed by atoms with E-state index in [1.165, 1.54) is 0 Å². The predicted molar refractivity (Wildman–Crippen MR) is 252 cm³/mol. The molecule has 11 N–H and O–H groups in total. The van der Waals surface area contributed by atoms with E-state index in [1.54, 1.807) is 111 Å². The summed E-state index contributed by atoms with van der Waals surface area (Å²) >= 11 is 0. The second-order valence-electron chi connectivity index (χ2n) is 22.9. The van der Waals surface area contributed by atoms with Gasteiger partial charge in [0, 0.05) is 19.5 Å². The van der Waals surface area contributed by atoms with E-state index in [1.807, 2.05) is 0 Å². The molecule has 3 fully saturated rings. The fourth-order valence-electron chi connectivity index (χ4n) is 7.55. The van der Waals surface area contributed by atoms with E-state index in [4.69, 9.17) is 42.6 Å². The third-order valence-corrected chi connectivity index (χ3v) is 10.4.